The van der Waals surface area contributed by atoms with Gasteiger partial charge in [0.1, 0.15) is 0 Å². The topological polar surface area (TPSA) is 64.5 Å². The zero-order valence-electron chi connectivity index (χ0n) is 35.9. The van der Waals surface area contributed by atoms with Gasteiger partial charge < -0.3 is 0 Å². The number of hydrogen-bond acceptors (Lipinski definition) is 5. The van der Waals surface area contributed by atoms with Gasteiger partial charge in [-0.2, -0.15) is 0 Å². The maximum atomic E-state index is 5.26. The first-order valence-electron chi connectivity index (χ1n) is 22.1. The van der Waals surface area contributed by atoms with Crippen molar-refractivity contribution >= 4 is 0 Å². The Morgan fingerprint density at radius 3 is 1.18 bits per heavy atom. The van der Waals surface area contributed by atoms with Gasteiger partial charge >= 0.3 is 0 Å². The SMILES string of the molecule is c1ccc(-c2ccc(-c3cc(-c4ccccc4-c4ccc(-c5ccccc5-c5nc(-c6ccccc6)nc(-c6ccccc6)n5)c(-c5ccccn5)c4)cc(-c4ccccc4)n3)cc2)cc1. The van der Waals surface area contributed by atoms with Crippen LogP contribution in [0.25, 0.3) is 112 Å². The molecule has 66 heavy (non-hydrogen) atoms. The van der Waals surface area contributed by atoms with E-state index < -0.39 is 0 Å². The van der Waals surface area contributed by atoms with E-state index in [1.165, 1.54) is 11.1 Å². The van der Waals surface area contributed by atoms with Crippen LogP contribution in [0, 0.1) is 0 Å². The zero-order valence-corrected chi connectivity index (χ0v) is 35.9. The third-order valence-electron chi connectivity index (χ3n) is 11.8. The number of aromatic nitrogens is 5. The lowest BCUT2D eigenvalue weighted by Crippen LogP contribution is -2.01. The quantitative estimate of drug-likeness (QED) is 0.137. The lowest BCUT2D eigenvalue weighted by molar-refractivity contribution is 1.07. The van der Waals surface area contributed by atoms with Crippen LogP contribution in [0.2, 0.25) is 0 Å². The molecular formula is C61H41N5. The van der Waals surface area contributed by atoms with Gasteiger partial charge in [-0.1, -0.05) is 212 Å². The molecule has 0 radical (unpaired) electrons. The molecule has 0 amide bonds. The first-order chi connectivity index (χ1) is 32.7. The van der Waals surface area contributed by atoms with E-state index in [0.717, 1.165) is 83.8 Å². The molecule has 0 unspecified atom stereocenters. The Balaban J connectivity index is 1.05. The molecule has 5 heteroatoms. The first kappa shape index (κ1) is 39.9. The standard InChI is InChI=1S/C61H41N5/c1-5-19-42(20-6-1)43-32-34-45(35-33-43)58-41-49(40-57(63-58)44-21-7-2-8-22-44)51-28-14-13-27-50(51)48-36-37-53(55(39-48)56-31-17-18-38-62-56)52-29-15-16-30-54(52)61-65-59(46-23-9-3-10-24-46)64-60(66-61)47-25-11-4-12-26-47/h1-41H. The van der Waals surface area contributed by atoms with E-state index in [0.29, 0.717) is 17.5 Å². The van der Waals surface area contributed by atoms with Crippen LogP contribution in [-0.4, -0.2) is 24.9 Å². The maximum absolute atomic E-state index is 5.26. The highest BCUT2D eigenvalue weighted by molar-refractivity contribution is 5.94. The van der Waals surface area contributed by atoms with Crippen molar-refractivity contribution in [1.29, 1.82) is 0 Å². The van der Waals surface area contributed by atoms with Crippen molar-refractivity contribution in [3.05, 3.63) is 249 Å². The minimum atomic E-state index is 0.595. The van der Waals surface area contributed by atoms with Gasteiger partial charge in [-0.25, -0.2) is 19.9 Å². The van der Waals surface area contributed by atoms with Gasteiger partial charge in [0.2, 0.25) is 0 Å². The number of nitrogens with zero attached hydrogens (tertiary/aromatic N) is 5. The fourth-order valence-electron chi connectivity index (χ4n) is 8.56. The molecule has 8 aromatic carbocycles. The first-order valence-corrected chi connectivity index (χ1v) is 22.1. The zero-order chi connectivity index (χ0) is 44.1. The van der Waals surface area contributed by atoms with Crippen molar-refractivity contribution in [3.8, 4) is 112 Å². The number of hydrogen-bond donors (Lipinski definition) is 0. The lowest BCUT2D eigenvalue weighted by atomic mass is 9.88. The fraction of sp³-hybridized carbons (Fsp3) is 0. The summed E-state index contributed by atoms with van der Waals surface area (Å²) in [5, 5.41) is 0. The molecule has 5 nitrogen and oxygen atoms in total. The summed E-state index contributed by atoms with van der Waals surface area (Å²) in [6, 6.07) is 84.0. The monoisotopic (exact) mass is 843 g/mol. The normalized spacial score (nSPS) is 11.0. The third kappa shape index (κ3) is 8.21. The van der Waals surface area contributed by atoms with Crippen molar-refractivity contribution in [2.75, 3.05) is 0 Å². The Morgan fingerprint density at radius 1 is 0.197 bits per heavy atom. The second kappa shape index (κ2) is 18.0. The van der Waals surface area contributed by atoms with Crippen LogP contribution in [0.1, 0.15) is 0 Å². The van der Waals surface area contributed by atoms with E-state index in [4.69, 9.17) is 24.9 Å². The summed E-state index contributed by atoms with van der Waals surface area (Å²) in [6.45, 7) is 0. The van der Waals surface area contributed by atoms with Crippen LogP contribution in [0.3, 0.4) is 0 Å². The fourth-order valence-corrected chi connectivity index (χ4v) is 8.56. The molecule has 0 spiro atoms. The van der Waals surface area contributed by atoms with Crippen LogP contribution >= 0.6 is 0 Å². The molecule has 11 aromatic rings. The molecule has 0 atom stereocenters. The molecule has 0 aliphatic heterocycles. The summed E-state index contributed by atoms with van der Waals surface area (Å²) in [4.78, 5) is 25.4. The Hall–Kier alpha value is -8.93. The van der Waals surface area contributed by atoms with E-state index in [2.05, 4.69) is 152 Å². The molecule has 0 bridgehead atoms. The molecule has 3 aromatic heterocycles. The molecule has 3 heterocycles. The van der Waals surface area contributed by atoms with Gasteiger partial charge in [-0.3, -0.25) is 4.98 Å². The van der Waals surface area contributed by atoms with Gasteiger partial charge in [0, 0.05) is 39.6 Å². The lowest BCUT2D eigenvalue weighted by Gasteiger charge is -2.18. The number of pyridine rings is 2. The van der Waals surface area contributed by atoms with Crippen LogP contribution < -0.4 is 0 Å². The van der Waals surface area contributed by atoms with Crippen molar-refractivity contribution in [1.82, 2.24) is 24.9 Å². The molecule has 0 fully saturated rings. The Kier molecular flexibility index (Phi) is 10.9. The largest absolute Gasteiger partial charge is 0.256 e. The molecule has 0 aliphatic carbocycles. The number of benzene rings is 8. The van der Waals surface area contributed by atoms with Crippen molar-refractivity contribution in [2.45, 2.75) is 0 Å². The summed E-state index contributed by atoms with van der Waals surface area (Å²) < 4.78 is 0. The highest BCUT2D eigenvalue weighted by atomic mass is 15.0. The summed E-state index contributed by atoms with van der Waals surface area (Å²) in [5.74, 6) is 1.83. The summed E-state index contributed by atoms with van der Waals surface area (Å²) in [5.41, 5.74) is 17.2. The molecule has 11 rings (SSSR count). The van der Waals surface area contributed by atoms with Crippen LogP contribution in [0.5, 0.6) is 0 Å². The van der Waals surface area contributed by atoms with Crippen molar-refractivity contribution in [2.24, 2.45) is 0 Å². The molecule has 0 saturated heterocycles. The third-order valence-corrected chi connectivity index (χ3v) is 11.8. The highest BCUT2D eigenvalue weighted by Crippen LogP contribution is 2.42. The summed E-state index contributed by atoms with van der Waals surface area (Å²) >= 11 is 0. The van der Waals surface area contributed by atoms with Gasteiger partial charge in [-0.05, 0) is 74.8 Å². The van der Waals surface area contributed by atoms with E-state index in [1.807, 2.05) is 97.2 Å². The smallest absolute Gasteiger partial charge is 0.164 e. The van der Waals surface area contributed by atoms with E-state index in [9.17, 15) is 0 Å². The Bertz CT molecular complexity index is 3370. The Morgan fingerprint density at radius 2 is 0.606 bits per heavy atom. The van der Waals surface area contributed by atoms with Crippen molar-refractivity contribution in [3.63, 3.8) is 0 Å². The van der Waals surface area contributed by atoms with Crippen molar-refractivity contribution < 1.29 is 0 Å². The predicted octanol–water partition coefficient (Wildman–Crippen LogP) is 15.3. The van der Waals surface area contributed by atoms with E-state index in [1.54, 1.807) is 0 Å². The molecule has 0 aliphatic rings. The van der Waals surface area contributed by atoms with Crippen LogP contribution in [0.15, 0.2) is 249 Å². The average Bonchev–Trinajstić information content (AvgIpc) is 3.42. The van der Waals surface area contributed by atoms with Gasteiger partial charge in [-0.15, -0.1) is 0 Å². The van der Waals surface area contributed by atoms with Gasteiger partial charge in [0.05, 0.1) is 17.1 Å². The predicted molar refractivity (Wildman–Crippen MR) is 270 cm³/mol. The van der Waals surface area contributed by atoms with Crippen LogP contribution in [-0.2, 0) is 0 Å². The second-order valence-electron chi connectivity index (χ2n) is 16.0. The van der Waals surface area contributed by atoms with E-state index >= 15 is 0 Å². The minimum Gasteiger partial charge on any atom is -0.256 e. The number of rotatable bonds is 10. The Labute approximate surface area is 384 Å². The van der Waals surface area contributed by atoms with Gasteiger partial charge in [0.15, 0.2) is 17.5 Å². The summed E-state index contributed by atoms with van der Waals surface area (Å²) in [7, 11) is 0. The average molecular weight is 844 g/mol. The van der Waals surface area contributed by atoms with Crippen LogP contribution in [0.4, 0.5) is 0 Å². The summed E-state index contributed by atoms with van der Waals surface area (Å²) in [6.07, 6.45) is 1.85. The highest BCUT2D eigenvalue weighted by Gasteiger charge is 2.20. The molecule has 310 valence electrons. The molecule has 0 saturated carbocycles. The van der Waals surface area contributed by atoms with Gasteiger partial charge in [0.25, 0.3) is 0 Å². The minimum absolute atomic E-state index is 0.595. The maximum Gasteiger partial charge on any atom is 0.164 e. The molecular weight excluding hydrogens is 803 g/mol. The second-order valence-corrected chi connectivity index (χ2v) is 16.0. The molecule has 0 N–H and O–H groups in total. The van der Waals surface area contributed by atoms with E-state index in [-0.39, 0.29) is 0 Å².